The zero-order valence-corrected chi connectivity index (χ0v) is 13.0. The lowest BCUT2D eigenvalue weighted by Gasteiger charge is -2.22. The summed E-state index contributed by atoms with van der Waals surface area (Å²) in [6.45, 7) is 2.81. The molecule has 0 spiro atoms. The van der Waals surface area contributed by atoms with E-state index in [1.165, 1.54) is 18.3 Å². The molecule has 2 rings (SSSR count). The molecule has 1 heterocycles. The Morgan fingerprint density at radius 3 is 2.71 bits per heavy atom. The molecule has 0 amide bonds. The Labute approximate surface area is 133 Å². The molecule has 0 radical (unpaired) electrons. The van der Waals surface area contributed by atoms with Crippen molar-refractivity contribution in [1.29, 1.82) is 0 Å². The minimum Gasteiger partial charge on any atom is -0.383 e. The van der Waals surface area contributed by atoms with Crippen LogP contribution in [0.5, 0.6) is 0 Å². The van der Waals surface area contributed by atoms with Crippen LogP contribution >= 0.6 is 23.2 Å². The van der Waals surface area contributed by atoms with E-state index in [-0.39, 0.29) is 11.9 Å². The summed E-state index contributed by atoms with van der Waals surface area (Å²) in [7, 11) is 0. The number of rotatable bonds is 5. The Hall–Kier alpha value is -1.36. The molecule has 3 N–H and O–H groups in total. The van der Waals surface area contributed by atoms with Crippen LogP contribution in [0.4, 0.5) is 10.2 Å². The monoisotopic (exact) mass is 327 g/mol. The summed E-state index contributed by atoms with van der Waals surface area (Å²) in [5.74, 6) is -0.0106. The lowest BCUT2D eigenvalue weighted by Crippen LogP contribution is -2.24. The topological polar surface area (TPSA) is 50.9 Å². The zero-order valence-electron chi connectivity index (χ0n) is 11.5. The first-order valence-corrected chi connectivity index (χ1v) is 7.37. The lowest BCUT2D eigenvalue weighted by atomic mass is 9.98. The van der Waals surface area contributed by atoms with Gasteiger partial charge in [0.15, 0.2) is 0 Å². The van der Waals surface area contributed by atoms with Gasteiger partial charge in [0.05, 0.1) is 11.1 Å². The summed E-state index contributed by atoms with van der Waals surface area (Å²) in [5, 5.41) is 4.17. The molecule has 6 heteroatoms. The molecule has 3 nitrogen and oxygen atoms in total. The van der Waals surface area contributed by atoms with Crippen molar-refractivity contribution in [3.8, 4) is 0 Å². The van der Waals surface area contributed by atoms with E-state index < -0.39 is 0 Å². The molecule has 1 unspecified atom stereocenters. The van der Waals surface area contributed by atoms with Gasteiger partial charge < -0.3 is 11.1 Å². The summed E-state index contributed by atoms with van der Waals surface area (Å²) in [5.41, 5.74) is 7.42. The molecule has 0 saturated carbocycles. The molecule has 0 aliphatic rings. The number of nitrogens with one attached hydrogen (secondary N) is 1. The highest BCUT2D eigenvalue weighted by atomic mass is 35.5. The van der Waals surface area contributed by atoms with Gasteiger partial charge in [-0.05, 0) is 36.7 Å². The minimum atomic E-state index is -0.379. The van der Waals surface area contributed by atoms with Gasteiger partial charge in [0.2, 0.25) is 0 Å². The van der Waals surface area contributed by atoms with Gasteiger partial charge in [-0.1, -0.05) is 36.2 Å². The van der Waals surface area contributed by atoms with Crippen molar-refractivity contribution in [1.82, 2.24) is 10.3 Å². The number of aromatic nitrogens is 1. The number of pyridine rings is 1. The van der Waals surface area contributed by atoms with Gasteiger partial charge >= 0.3 is 0 Å². The second kappa shape index (κ2) is 7.07. The predicted octanol–water partition coefficient (Wildman–Crippen LogP) is 4.20. The average Bonchev–Trinajstić information content (AvgIpc) is 2.44. The number of nitrogens with two attached hydrogens (primary N) is 1. The lowest BCUT2D eigenvalue weighted by molar-refractivity contribution is 0.593. The number of nitrogens with zero attached hydrogens (tertiary/aromatic N) is 1. The van der Waals surface area contributed by atoms with E-state index in [2.05, 4.69) is 17.2 Å². The van der Waals surface area contributed by atoms with Gasteiger partial charge in [0, 0.05) is 16.8 Å². The van der Waals surface area contributed by atoms with Crippen LogP contribution in [0.15, 0.2) is 30.5 Å². The Bertz CT molecular complexity index is 634. The van der Waals surface area contributed by atoms with Crippen molar-refractivity contribution < 1.29 is 4.39 Å². The van der Waals surface area contributed by atoms with Crippen LogP contribution in [0.2, 0.25) is 10.0 Å². The molecule has 2 aromatic rings. The van der Waals surface area contributed by atoms with Gasteiger partial charge in [0.1, 0.15) is 11.6 Å². The second-order valence-electron chi connectivity index (χ2n) is 4.68. The van der Waals surface area contributed by atoms with Gasteiger partial charge in [-0.25, -0.2) is 9.37 Å². The number of hydrogen-bond acceptors (Lipinski definition) is 3. The normalized spacial score (nSPS) is 12.4. The summed E-state index contributed by atoms with van der Waals surface area (Å²) in [4.78, 5) is 4.07. The van der Waals surface area contributed by atoms with Gasteiger partial charge in [-0.2, -0.15) is 0 Å². The zero-order chi connectivity index (χ0) is 15.4. The van der Waals surface area contributed by atoms with Crippen LogP contribution in [-0.4, -0.2) is 11.5 Å². The Morgan fingerprint density at radius 2 is 2.05 bits per heavy atom. The quantitative estimate of drug-likeness (QED) is 0.865. The minimum absolute atomic E-state index is 0.288. The molecule has 112 valence electrons. The van der Waals surface area contributed by atoms with Crippen molar-refractivity contribution in [2.24, 2.45) is 0 Å². The summed E-state index contributed by atoms with van der Waals surface area (Å²) >= 11 is 12.2. The van der Waals surface area contributed by atoms with E-state index in [0.717, 1.165) is 24.1 Å². The fourth-order valence-electron chi connectivity index (χ4n) is 2.11. The van der Waals surface area contributed by atoms with Gasteiger partial charge in [0.25, 0.3) is 0 Å². The van der Waals surface area contributed by atoms with Crippen LogP contribution in [-0.2, 0) is 0 Å². The molecule has 1 atom stereocenters. The maximum absolute atomic E-state index is 13.2. The van der Waals surface area contributed by atoms with Crippen LogP contribution in [0, 0.1) is 5.82 Å². The van der Waals surface area contributed by atoms with Crippen LogP contribution in [0.25, 0.3) is 0 Å². The molecule has 0 bridgehead atoms. The standard InChI is InChI=1S/C15H16Cl2FN3/c1-2-5-20-14(11-4-3-10(18)7-13(11)17)12-6-9(16)8-21-15(12)19/h3-4,6-8,14,20H,2,5H2,1H3,(H2,19,21). The van der Waals surface area contributed by atoms with Crippen molar-refractivity contribution >= 4 is 29.0 Å². The number of anilines is 1. The van der Waals surface area contributed by atoms with Crippen LogP contribution in [0.1, 0.15) is 30.5 Å². The van der Waals surface area contributed by atoms with Crippen molar-refractivity contribution in [3.05, 3.63) is 57.5 Å². The summed E-state index contributed by atoms with van der Waals surface area (Å²) in [6, 6.07) is 5.76. The van der Waals surface area contributed by atoms with Crippen molar-refractivity contribution in [2.45, 2.75) is 19.4 Å². The fourth-order valence-corrected chi connectivity index (χ4v) is 2.55. The van der Waals surface area contributed by atoms with Crippen LogP contribution < -0.4 is 11.1 Å². The Balaban J connectivity index is 2.49. The molecular weight excluding hydrogens is 312 g/mol. The molecule has 1 aromatic carbocycles. The highest BCUT2D eigenvalue weighted by Crippen LogP contribution is 2.32. The summed E-state index contributed by atoms with van der Waals surface area (Å²) in [6.07, 6.45) is 2.42. The number of nitrogen functional groups attached to an aromatic ring is 1. The molecule has 1 aromatic heterocycles. The third kappa shape index (κ3) is 3.84. The van der Waals surface area contributed by atoms with Crippen molar-refractivity contribution in [3.63, 3.8) is 0 Å². The second-order valence-corrected chi connectivity index (χ2v) is 5.52. The molecule has 0 saturated heterocycles. The molecule has 21 heavy (non-hydrogen) atoms. The average molecular weight is 328 g/mol. The smallest absolute Gasteiger partial charge is 0.128 e. The molecule has 0 fully saturated rings. The van der Waals surface area contributed by atoms with Crippen LogP contribution in [0.3, 0.4) is 0 Å². The first-order valence-electron chi connectivity index (χ1n) is 6.62. The van der Waals surface area contributed by atoms with E-state index in [1.807, 2.05) is 0 Å². The molecular formula is C15H16Cl2FN3. The van der Waals surface area contributed by atoms with Crippen molar-refractivity contribution in [2.75, 3.05) is 12.3 Å². The number of benzene rings is 1. The fraction of sp³-hybridized carbons (Fsp3) is 0.267. The van der Waals surface area contributed by atoms with E-state index in [9.17, 15) is 4.39 Å². The Morgan fingerprint density at radius 1 is 1.29 bits per heavy atom. The molecule has 0 aliphatic carbocycles. The first kappa shape index (κ1) is 16.0. The summed E-state index contributed by atoms with van der Waals surface area (Å²) < 4.78 is 13.2. The number of halogens is 3. The van der Waals surface area contributed by atoms with Gasteiger partial charge in [-0.15, -0.1) is 0 Å². The Kier molecular flexibility index (Phi) is 5.39. The SMILES string of the molecule is CCCNC(c1ccc(F)cc1Cl)c1cc(Cl)cnc1N. The van der Waals surface area contributed by atoms with E-state index in [1.54, 1.807) is 12.1 Å². The highest BCUT2D eigenvalue weighted by Gasteiger charge is 2.20. The van der Waals surface area contributed by atoms with E-state index in [0.29, 0.717) is 15.9 Å². The van der Waals surface area contributed by atoms with E-state index in [4.69, 9.17) is 28.9 Å². The third-order valence-electron chi connectivity index (χ3n) is 3.10. The van der Waals surface area contributed by atoms with E-state index >= 15 is 0 Å². The third-order valence-corrected chi connectivity index (χ3v) is 3.63. The highest BCUT2D eigenvalue weighted by molar-refractivity contribution is 6.31. The van der Waals surface area contributed by atoms with Gasteiger partial charge in [-0.3, -0.25) is 0 Å². The maximum Gasteiger partial charge on any atom is 0.128 e. The number of hydrogen-bond donors (Lipinski definition) is 2. The first-order chi connectivity index (χ1) is 10.0. The largest absolute Gasteiger partial charge is 0.383 e. The maximum atomic E-state index is 13.2. The predicted molar refractivity (Wildman–Crippen MR) is 85.2 cm³/mol. The molecule has 0 aliphatic heterocycles.